The number of nitrogens with one attached hydrogen (secondary N) is 2. The van der Waals surface area contributed by atoms with E-state index in [1.165, 1.54) is 47.9 Å². The molecule has 2 fully saturated rings. The second kappa shape index (κ2) is 10.4. The van der Waals surface area contributed by atoms with E-state index in [-0.39, 0.29) is 0 Å². The van der Waals surface area contributed by atoms with Crippen molar-refractivity contribution in [3.63, 3.8) is 0 Å². The van der Waals surface area contributed by atoms with Gasteiger partial charge < -0.3 is 21.3 Å². The van der Waals surface area contributed by atoms with Gasteiger partial charge in [-0.3, -0.25) is 0 Å². The van der Waals surface area contributed by atoms with Gasteiger partial charge >= 0.3 is 0 Å². The fourth-order valence-electron chi connectivity index (χ4n) is 5.76. The monoisotopic (exact) mass is 448 g/mol. The summed E-state index contributed by atoms with van der Waals surface area (Å²) in [6, 6.07) is 8.53. The molecule has 3 aliphatic rings. The molecule has 6 nitrogen and oxygen atoms in total. The Morgan fingerprint density at radius 3 is 2.67 bits per heavy atom. The number of hydrogen-bond acceptors (Lipinski definition) is 6. The molecular formula is C27H40N6. The van der Waals surface area contributed by atoms with E-state index in [1.807, 2.05) is 6.20 Å². The molecule has 4 N–H and O–H groups in total. The maximum Gasteiger partial charge on any atom is 0.224 e. The lowest BCUT2D eigenvalue weighted by Crippen LogP contribution is -2.42. The maximum atomic E-state index is 6.23. The zero-order valence-electron chi connectivity index (χ0n) is 20.2. The minimum atomic E-state index is 0.350. The van der Waals surface area contributed by atoms with Gasteiger partial charge in [0.25, 0.3) is 0 Å². The summed E-state index contributed by atoms with van der Waals surface area (Å²) < 4.78 is 0. The molecule has 2 heterocycles. The number of aromatic nitrogens is 2. The van der Waals surface area contributed by atoms with Gasteiger partial charge in [-0.2, -0.15) is 4.98 Å². The average molecular weight is 449 g/mol. The van der Waals surface area contributed by atoms with Crippen LogP contribution in [0.3, 0.4) is 0 Å². The second-order valence-electron chi connectivity index (χ2n) is 10.3. The van der Waals surface area contributed by atoms with Gasteiger partial charge in [-0.15, -0.1) is 0 Å². The van der Waals surface area contributed by atoms with Crippen molar-refractivity contribution in [2.45, 2.75) is 102 Å². The van der Waals surface area contributed by atoms with E-state index in [1.54, 1.807) is 0 Å². The van der Waals surface area contributed by atoms with Gasteiger partial charge in [-0.25, -0.2) is 4.98 Å². The van der Waals surface area contributed by atoms with Gasteiger partial charge in [0.1, 0.15) is 5.82 Å². The molecule has 1 aliphatic heterocycles. The fraction of sp³-hybridized carbons (Fsp3) is 0.630. The summed E-state index contributed by atoms with van der Waals surface area (Å²) in [5.41, 5.74) is 11.5. The molecule has 2 aromatic rings. The van der Waals surface area contributed by atoms with E-state index in [0.29, 0.717) is 18.1 Å². The molecule has 2 saturated carbocycles. The number of unbranched alkanes of at least 4 members (excludes halogenated alkanes) is 1. The lowest BCUT2D eigenvalue weighted by molar-refractivity contribution is 0.372. The smallest absolute Gasteiger partial charge is 0.224 e. The van der Waals surface area contributed by atoms with Gasteiger partial charge in [-0.1, -0.05) is 44.4 Å². The summed E-state index contributed by atoms with van der Waals surface area (Å²) in [4.78, 5) is 12.3. The number of nitrogens with two attached hydrogens (primary N) is 1. The number of hydrogen-bond donors (Lipinski definition) is 3. The zero-order valence-corrected chi connectivity index (χ0v) is 20.2. The van der Waals surface area contributed by atoms with Gasteiger partial charge in [0.15, 0.2) is 0 Å². The number of fused-ring (bicyclic) bond motifs is 3. The van der Waals surface area contributed by atoms with Crippen LogP contribution in [0.2, 0.25) is 0 Å². The first-order valence-corrected chi connectivity index (χ1v) is 13.2. The van der Waals surface area contributed by atoms with Crippen LogP contribution in [0.25, 0.3) is 11.1 Å². The van der Waals surface area contributed by atoms with Crippen molar-refractivity contribution >= 4 is 11.8 Å². The highest BCUT2D eigenvalue weighted by Crippen LogP contribution is 2.41. The van der Waals surface area contributed by atoms with Crippen LogP contribution < -0.4 is 21.3 Å². The predicted octanol–water partition coefficient (Wildman–Crippen LogP) is 4.98. The number of benzene rings is 1. The minimum absolute atomic E-state index is 0.350. The summed E-state index contributed by atoms with van der Waals surface area (Å²) in [5, 5.41) is 7.20. The van der Waals surface area contributed by atoms with Crippen LogP contribution in [0.5, 0.6) is 0 Å². The second-order valence-corrected chi connectivity index (χ2v) is 10.3. The first-order valence-electron chi connectivity index (χ1n) is 13.2. The van der Waals surface area contributed by atoms with Crippen molar-refractivity contribution in [3.05, 3.63) is 35.5 Å². The molecule has 0 bridgehead atoms. The third kappa shape index (κ3) is 5.17. The maximum absolute atomic E-state index is 6.23. The van der Waals surface area contributed by atoms with E-state index in [9.17, 15) is 0 Å². The molecule has 5 rings (SSSR count). The standard InChI is InChI=1S/C27H40N6/c1-2-3-14-29-27-31-17-25-24-13-8-19(16-30-22-6-4-5-7-22)15-20(24)18-33(26(25)32-27)23-11-9-21(28)10-12-23/h8,13,15,17,21-23,30H,2-7,9-12,14,16,18,28H2,1H3,(H,29,31,32). The van der Waals surface area contributed by atoms with Crippen molar-refractivity contribution in [1.29, 1.82) is 0 Å². The molecule has 0 amide bonds. The third-order valence-corrected chi connectivity index (χ3v) is 7.79. The average Bonchev–Trinajstić information content (AvgIpc) is 3.36. The lowest BCUT2D eigenvalue weighted by atomic mass is 9.88. The van der Waals surface area contributed by atoms with Crippen LogP contribution in [0.1, 0.15) is 82.3 Å². The van der Waals surface area contributed by atoms with E-state index >= 15 is 0 Å². The van der Waals surface area contributed by atoms with Crippen LogP contribution in [-0.2, 0) is 13.1 Å². The van der Waals surface area contributed by atoms with Crippen molar-refractivity contribution in [2.75, 3.05) is 16.8 Å². The zero-order chi connectivity index (χ0) is 22.6. The molecule has 0 atom stereocenters. The normalized spacial score (nSPS) is 22.8. The Morgan fingerprint density at radius 2 is 1.88 bits per heavy atom. The molecule has 6 heteroatoms. The van der Waals surface area contributed by atoms with Gasteiger partial charge in [-0.05, 0) is 61.6 Å². The highest BCUT2D eigenvalue weighted by atomic mass is 15.3. The molecule has 178 valence electrons. The van der Waals surface area contributed by atoms with Gasteiger partial charge in [0.2, 0.25) is 5.95 Å². The van der Waals surface area contributed by atoms with Crippen LogP contribution in [0.15, 0.2) is 24.4 Å². The molecule has 33 heavy (non-hydrogen) atoms. The van der Waals surface area contributed by atoms with E-state index in [0.717, 1.165) is 69.9 Å². The fourth-order valence-corrected chi connectivity index (χ4v) is 5.76. The lowest BCUT2D eigenvalue weighted by Gasteiger charge is -2.40. The summed E-state index contributed by atoms with van der Waals surface area (Å²) >= 11 is 0. The molecule has 0 radical (unpaired) electrons. The first kappa shape index (κ1) is 22.6. The molecule has 1 aromatic heterocycles. The van der Waals surface area contributed by atoms with Crippen LogP contribution in [-0.4, -0.2) is 34.6 Å². The Labute approximate surface area is 198 Å². The van der Waals surface area contributed by atoms with Crippen LogP contribution >= 0.6 is 0 Å². The molecule has 2 aliphatic carbocycles. The Kier molecular flexibility index (Phi) is 7.12. The van der Waals surface area contributed by atoms with E-state index < -0.39 is 0 Å². The van der Waals surface area contributed by atoms with Crippen molar-refractivity contribution in [3.8, 4) is 11.1 Å². The Balaban J connectivity index is 1.41. The Hall–Kier alpha value is -2.18. The molecular weight excluding hydrogens is 408 g/mol. The largest absolute Gasteiger partial charge is 0.354 e. The quantitative estimate of drug-likeness (QED) is 0.495. The summed E-state index contributed by atoms with van der Waals surface area (Å²) in [6.07, 6.45) is 14.2. The van der Waals surface area contributed by atoms with Crippen molar-refractivity contribution in [2.24, 2.45) is 5.73 Å². The number of nitrogens with zero attached hydrogens (tertiary/aromatic N) is 3. The van der Waals surface area contributed by atoms with Crippen molar-refractivity contribution < 1.29 is 0 Å². The van der Waals surface area contributed by atoms with Gasteiger partial charge in [0.05, 0.1) is 0 Å². The topological polar surface area (TPSA) is 79.1 Å². The van der Waals surface area contributed by atoms with E-state index in [4.69, 9.17) is 10.7 Å². The molecule has 0 spiro atoms. The summed E-state index contributed by atoms with van der Waals surface area (Å²) in [6.45, 7) is 5.01. The minimum Gasteiger partial charge on any atom is -0.354 e. The first-order chi connectivity index (χ1) is 16.2. The number of rotatable bonds is 8. The van der Waals surface area contributed by atoms with Crippen molar-refractivity contribution in [1.82, 2.24) is 15.3 Å². The predicted molar refractivity (Wildman–Crippen MR) is 136 cm³/mol. The molecule has 1 aromatic carbocycles. The van der Waals surface area contributed by atoms with Gasteiger partial charge in [0, 0.05) is 49.5 Å². The summed E-state index contributed by atoms with van der Waals surface area (Å²) in [7, 11) is 0. The highest BCUT2D eigenvalue weighted by molar-refractivity contribution is 5.81. The van der Waals surface area contributed by atoms with Crippen LogP contribution in [0.4, 0.5) is 11.8 Å². The van der Waals surface area contributed by atoms with Crippen LogP contribution in [0, 0.1) is 0 Å². The third-order valence-electron chi connectivity index (χ3n) is 7.79. The highest BCUT2D eigenvalue weighted by Gasteiger charge is 2.32. The number of anilines is 2. The summed E-state index contributed by atoms with van der Waals surface area (Å²) in [5.74, 6) is 1.84. The molecule has 0 saturated heterocycles. The molecule has 0 unspecified atom stereocenters. The Morgan fingerprint density at radius 1 is 1.06 bits per heavy atom. The Bertz CT molecular complexity index is 930. The van der Waals surface area contributed by atoms with E-state index in [2.05, 4.69) is 45.6 Å². The SMILES string of the molecule is CCCCNc1ncc2c(n1)N(C1CCC(N)CC1)Cc1cc(CNC3CCCC3)ccc1-2.